The van der Waals surface area contributed by atoms with Gasteiger partial charge in [0.2, 0.25) is 0 Å². The van der Waals surface area contributed by atoms with Crippen LogP contribution in [0.15, 0.2) is 53.4 Å². The third-order valence-electron chi connectivity index (χ3n) is 6.68. The third kappa shape index (κ3) is 13.8. The quantitative estimate of drug-likeness (QED) is 0.130. The molecule has 2 aromatic carbocycles. The van der Waals surface area contributed by atoms with Crippen LogP contribution in [0.5, 0.6) is 5.75 Å². The second-order valence-corrected chi connectivity index (χ2v) is 12.1. The van der Waals surface area contributed by atoms with E-state index in [0.29, 0.717) is 17.7 Å². The van der Waals surface area contributed by atoms with Crippen molar-refractivity contribution in [2.24, 2.45) is 0 Å². The Morgan fingerprint density at radius 3 is 1.65 bits per heavy atom. The molecule has 0 aromatic heterocycles. The monoisotopic (exact) mass is 528 g/mol. The van der Waals surface area contributed by atoms with E-state index in [9.17, 15) is 8.42 Å². The van der Waals surface area contributed by atoms with E-state index >= 15 is 0 Å². The molecule has 0 amide bonds. The van der Waals surface area contributed by atoms with Crippen LogP contribution in [0.4, 0.5) is 0 Å². The highest BCUT2D eigenvalue weighted by atomic mass is 32.2. The van der Waals surface area contributed by atoms with Crippen LogP contribution in [0.1, 0.15) is 108 Å². The molecule has 2 rings (SSSR count). The number of ether oxygens (including phenoxy) is 1. The Balaban J connectivity index is 1.60. The summed E-state index contributed by atoms with van der Waals surface area (Å²) < 4.78 is 30.6. The minimum Gasteiger partial charge on any atom is -0.494 e. The van der Waals surface area contributed by atoms with E-state index in [2.05, 4.69) is 6.92 Å². The Hall–Kier alpha value is -2.11. The van der Waals surface area contributed by atoms with Gasteiger partial charge in [0.15, 0.2) is 9.84 Å². The number of aliphatic hydroxyl groups is 1. The lowest BCUT2D eigenvalue weighted by Gasteiger charge is -2.07. The van der Waals surface area contributed by atoms with Crippen LogP contribution in [0, 0.1) is 0 Å². The second-order valence-electron chi connectivity index (χ2n) is 9.96. The molecule has 1 N–H and O–H groups in total. The Bertz CT molecular complexity index is 963. The molecule has 5 heteroatoms. The lowest BCUT2D eigenvalue weighted by atomic mass is 10.1. The fourth-order valence-electron chi connectivity index (χ4n) is 4.31. The third-order valence-corrected chi connectivity index (χ3v) is 8.49. The highest BCUT2D eigenvalue weighted by Gasteiger charge is 2.13. The largest absolute Gasteiger partial charge is 0.494 e. The lowest BCUT2D eigenvalue weighted by Crippen LogP contribution is -2.07. The van der Waals surface area contributed by atoms with Crippen LogP contribution in [0.3, 0.4) is 0 Å². The van der Waals surface area contributed by atoms with Gasteiger partial charge in [0.25, 0.3) is 0 Å². The van der Waals surface area contributed by atoms with Crippen molar-refractivity contribution < 1.29 is 18.3 Å². The lowest BCUT2D eigenvalue weighted by molar-refractivity contribution is 0.287. The maximum absolute atomic E-state index is 12.3. The molecular weight excluding hydrogens is 480 g/mol. The van der Waals surface area contributed by atoms with Crippen LogP contribution >= 0.6 is 0 Å². The SMILES string of the molecule is CCCCCCCCCCCCCCOc1ccc(C=Cc2ccc(S(=O)(=O)CCCCO)cc2)cc1. The summed E-state index contributed by atoms with van der Waals surface area (Å²) in [5, 5.41) is 8.84. The Kier molecular flexibility index (Phi) is 16.0. The first kappa shape index (κ1) is 31.1. The van der Waals surface area contributed by atoms with Crippen LogP contribution in [-0.4, -0.2) is 32.5 Å². The summed E-state index contributed by atoms with van der Waals surface area (Å²) in [7, 11) is -3.29. The summed E-state index contributed by atoms with van der Waals surface area (Å²) in [4.78, 5) is 0.331. The molecule has 0 aliphatic carbocycles. The molecule has 0 atom stereocenters. The molecule has 0 heterocycles. The molecular formula is C32H48O4S. The van der Waals surface area contributed by atoms with Crippen molar-refractivity contribution in [2.45, 2.75) is 102 Å². The molecule has 0 saturated heterocycles. The minimum atomic E-state index is -3.29. The maximum Gasteiger partial charge on any atom is 0.178 e. The van der Waals surface area contributed by atoms with Gasteiger partial charge < -0.3 is 9.84 Å². The molecule has 0 spiro atoms. The van der Waals surface area contributed by atoms with Crippen molar-refractivity contribution in [3.8, 4) is 5.75 Å². The molecule has 206 valence electrons. The number of benzene rings is 2. The molecule has 0 aliphatic rings. The van der Waals surface area contributed by atoms with Crippen molar-refractivity contribution in [1.29, 1.82) is 0 Å². The average molecular weight is 529 g/mol. The van der Waals surface area contributed by atoms with Gasteiger partial charge in [-0.2, -0.15) is 0 Å². The number of hydrogen-bond acceptors (Lipinski definition) is 4. The molecule has 0 fully saturated rings. The average Bonchev–Trinajstić information content (AvgIpc) is 2.91. The van der Waals surface area contributed by atoms with Gasteiger partial charge in [-0.25, -0.2) is 8.42 Å². The summed E-state index contributed by atoms with van der Waals surface area (Å²) in [5.74, 6) is 0.965. The van der Waals surface area contributed by atoms with E-state index in [0.717, 1.165) is 29.9 Å². The van der Waals surface area contributed by atoms with Gasteiger partial charge in [-0.05, 0) is 54.7 Å². The highest BCUT2D eigenvalue weighted by Crippen LogP contribution is 2.18. The van der Waals surface area contributed by atoms with Gasteiger partial charge in [0.05, 0.1) is 17.3 Å². The van der Waals surface area contributed by atoms with Crippen LogP contribution in [-0.2, 0) is 9.84 Å². The normalized spacial score (nSPS) is 11.8. The Morgan fingerprint density at radius 2 is 1.14 bits per heavy atom. The van der Waals surface area contributed by atoms with Gasteiger partial charge in [-0.3, -0.25) is 0 Å². The molecule has 37 heavy (non-hydrogen) atoms. The van der Waals surface area contributed by atoms with Crippen molar-refractivity contribution in [1.82, 2.24) is 0 Å². The van der Waals surface area contributed by atoms with Crippen LogP contribution < -0.4 is 4.74 Å². The zero-order valence-electron chi connectivity index (χ0n) is 22.9. The van der Waals surface area contributed by atoms with Crippen molar-refractivity contribution in [2.75, 3.05) is 19.0 Å². The Morgan fingerprint density at radius 1 is 0.649 bits per heavy atom. The standard InChI is InChI=1S/C32H48O4S/c1-2-3-4-5-6-7-8-9-10-11-12-14-27-36-31-22-18-29(19-23-31)16-17-30-20-24-32(25-21-30)37(34,35)28-15-13-26-33/h16-25,33H,2-15,26-28H2,1H3. The van der Waals surface area contributed by atoms with E-state index in [1.807, 2.05) is 48.6 Å². The number of rotatable bonds is 21. The Labute approximate surface area is 226 Å². The zero-order valence-corrected chi connectivity index (χ0v) is 23.7. The highest BCUT2D eigenvalue weighted by molar-refractivity contribution is 7.91. The first-order chi connectivity index (χ1) is 18.0. The first-order valence-electron chi connectivity index (χ1n) is 14.4. The van der Waals surface area contributed by atoms with E-state index in [4.69, 9.17) is 9.84 Å². The van der Waals surface area contributed by atoms with Gasteiger partial charge in [0, 0.05) is 6.61 Å². The van der Waals surface area contributed by atoms with Gasteiger partial charge in [0.1, 0.15) is 5.75 Å². The predicted octanol–water partition coefficient (Wildman–Crippen LogP) is 8.48. The van der Waals surface area contributed by atoms with Crippen molar-refractivity contribution in [3.63, 3.8) is 0 Å². The fourth-order valence-corrected chi connectivity index (χ4v) is 5.68. The maximum atomic E-state index is 12.3. The summed E-state index contributed by atoms with van der Waals surface area (Å²) >= 11 is 0. The van der Waals surface area contributed by atoms with E-state index in [1.54, 1.807) is 12.1 Å². The molecule has 0 radical (unpaired) electrons. The van der Waals surface area contributed by atoms with Crippen LogP contribution in [0.2, 0.25) is 0 Å². The zero-order chi connectivity index (χ0) is 26.6. The number of aliphatic hydroxyl groups excluding tert-OH is 1. The van der Waals surface area contributed by atoms with Gasteiger partial charge in [-0.15, -0.1) is 0 Å². The predicted molar refractivity (Wildman–Crippen MR) is 157 cm³/mol. The van der Waals surface area contributed by atoms with E-state index in [-0.39, 0.29) is 12.4 Å². The summed E-state index contributed by atoms with van der Waals surface area (Å²) in [6.07, 6.45) is 21.1. The van der Waals surface area contributed by atoms with E-state index in [1.165, 1.54) is 70.6 Å². The molecule has 2 aromatic rings. The summed E-state index contributed by atoms with van der Waals surface area (Å²) in [6.45, 7) is 3.06. The van der Waals surface area contributed by atoms with E-state index < -0.39 is 9.84 Å². The number of unbranched alkanes of at least 4 members (excludes halogenated alkanes) is 12. The minimum absolute atomic E-state index is 0.0196. The molecule has 4 nitrogen and oxygen atoms in total. The van der Waals surface area contributed by atoms with Gasteiger partial charge in [-0.1, -0.05) is 114 Å². The van der Waals surface area contributed by atoms with Crippen LogP contribution in [0.25, 0.3) is 12.2 Å². The van der Waals surface area contributed by atoms with Crippen molar-refractivity contribution >= 4 is 22.0 Å². The smallest absolute Gasteiger partial charge is 0.178 e. The van der Waals surface area contributed by atoms with Crippen molar-refractivity contribution in [3.05, 3.63) is 59.7 Å². The summed E-state index contributed by atoms with van der Waals surface area (Å²) in [5.41, 5.74) is 2.01. The molecule has 0 saturated carbocycles. The molecule has 0 bridgehead atoms. The topological polar surface area (TPSA) is 63.6 Å². The number of sulfone groups is 1. The first-order valence-corrected chi connectivity index (χ1v) is 16.0. The number of hydrogen-bond donors (Lipinski definition) is 1. The second kappa shape index (κ2) is 19.0. The summed E-state index contributed by atoms with van der Waals surface area (Å²) in [6, 6.07) is 15.0. The molecule has 0 aliphatic heterocycles. The molecule has 0 unspecified atom stereocenters. The van der Waals surface area contributed by atoms with Gasteiger partial charge >= 0.3 is 0 Å². The fraction of sp³-hybridized carbons (Fsp3) is 0.562.